The highest BCUT2D eigenvalue weighted by molar-refractivity contribution is 14.1. The molecule has 0 aliphatic heterocycles. The smallest absolute Gasteiger partial charge is 0.244 e. The molecular formula is C24H31ClIN3O4S. The quantitative estimate of drug-likeness (QED) is 0.281. The number of anilines is 1. The highest BCUT2D eigenvalue weighted by Crippen LogP contribution is 2.23. The summed E-state index contributed by atoms with van der Waals surface area (Å²) < 4.78 is 27.2. The van der Waals surface area contributed by atoms with Crippen LogP contribution >= 0.6 is 34.2 Å². The van der Waals surface area contributed by atoms with E-state index in [2.05, 4.69) is 27.9 Å². The lowest BCUT2D eigenvalue weighted by Crippen LogP contribution is -2.52. The molecule has 2 aromatic carbocycles. The first-order valence-corrected chi connectivity index (χ1v) is 14.4. The molecular weight excluding hydrogens is 589 g/mol. The molecule has 1 N–H and O–H groups in total. The van der Waals surface area contributed by atoms with Gasteiger partial charge in [0.15, 0.2) is 0 Å². The summed E-state index contributed by atoms with van der Waals surface area (Å²) in [5.41, 5.74) is 1.06. The van der Waals surface area contributed by atoms with Crippen LogP contribution in [0.2, 0.25) is 5.02 Å². The highest BCUT2D eigenvalue weighted by Gasteiger charge is 2.31. The fraction of sp³-hybridized carbons (Fsp3) is 0.417. The van der Waals surface area contributed by atoms with Crippen molar-refractivity contribution in [2.75, 3.05) is 23.7 Å². The van der Waals surface area contributed by atoms with Crippen LogP contribution in [0.1, 0.15) is 38.7 Å². The average Bonchev–Trinajstić information content (AvgIpc) is 2.78. The monoisotopic (exact) mass is 619 g/mol. The molecule has 0 fully saturated rings. The van der Waals surface area contributed by atoms with Gasteiger partial charge in [-0.2, -0.15) is 0 Å². The van der Waals surface area contributed by atoms with E-state index < -0.39 is 28.5 Å². The molecule has 186 valence electrons. The molecule has 0 aliphatic carbocycles. The van der Waals surface area contributed by atoms with Crippen LogP contribution in [0.4, 0.5) is 5.69 Å². The zero-order chi connectivity index (χ0) is 25.3. The van der Waals surface area contributed by atoms with Gasteiger partial charge in [-0.3, -0.25) is 13.9 Å². The van der Waals surface area contributed by atoms with E-state index in [0.29, 0.717) is 29.2 Å². The molecule has 1 atom stereocenters. The predicted octanol–water partition coefficient (Wildman–Crippen LogP) is 4.43. The molecule has 0 radical (unpaired) electrons. The van der Waals surface area contributed by atoms with E-state index in [-0.39, 0.29) is 12.5 Å². The zero-order valence-electron chi connectivity index (χ0n) is 19.6. The number of benzene rings is 2. The molecule has 0 unspecified atom stereocenters. The zero-order valence-corrected chi connectivity index (χ0v) is 23.4. The van der Waals surface area contributed by atoms with Gasteiger partial charge < -0.3 is 10.2 Å². The Balaban J connectivity index is 2.40. The summed E-state index contributed by atoms with van der Waals surface area (Å²) in [6.07, 6.45) is 3.19. The summed E-state index contributed by atoms with van der Waals surface area (Å²) in [7, 11) is -3.75. The van der Waals surface area contributed by atoms with Crippen LogP contribution in [0, 0.1) is 3.57 Å². The highest BCUT2D eigenvalue weighted by atomic mass is 127. The Morgan fingerprint density at radius 2 is 1.74 bits per heavy atom. The minimum atomic E-state index is -3.75. The fourth-order valence-electron chi connectivity index (χ4n) is 3.46. The second-order valence-corrected chi connectivity index (χ2v) is 11.5. The van der Waals surface area contributed by atoms with Crippen LogP contribution in [0.5, 0.6) is 0 Å². The maximum Gasteiger partial charge on any atom is 0.244 e. The number of nitrogens with one attached hydrogen (secondary N) is 1. The third-order valence-corrected chi connectivity index (χ3v) is 7.54. The normalized spacial score (nSPS) is 12.1. The molecule has 0 heterocycles. The van der Waals surface area contributed by atoms with Crippen molar-refractivity contribution in [2.45, 2.75) is 45.7 Å². The van der Waals surface area contributed by atoms with Gasteiger partial charge in [0.05, 0.1) is 11.9 Å². The van der Waals surface area contributed by atoms with Crippen LogP contribution in [0.3, 0.4) is 0 Å². The number of hydrogen-bond acceptors (Lipinski definition) is 4. The van der Waals surface area contributed by atoms with Gasteiger partial charge in [0, 0.05) is 21.7 Å². The van der Waals surface area contributed by atoms with Crippen molar-refractivity contribution in [2.24, 2.45) is 0 Å². The van der Waals surface area contributed by atoms with Crippen molar-refractivity contribution < 1.29 is 18.0 Å². The summed E-state index contributed by atoms with van der Waals surface area (Å²) in [6.45, 7) is 4.02. The van der Waals surface area contributed by atoms with Gasteiger partial charge in [-0.05, 0) is 71.3 Å². The molecule has 2 aromatic rings. The molecule has 2 rings (SSSR count). The van der Waals surface area contributed by atoms with Gasteiger partial charge in [0.1, 0.15) is 12.6 Å². The molecule has 0 aliphatic rings. The number of carbonyl (C=O) groups is 2. The Hall–Kier alpha value is -1.85. The van der Waals surface area contributed by atoms with E-state index in [1.54, 1.807) is 48.5 Å². The second kappa shape index (κ2) is 13.3. The fourth-order valence-corrected chi connectivity index (χ4v) is 4.86. The molecule has 0 saturated heterocycles. The number of halogens is 2. The third-order valence-electron chi connectivity index (χ3n) is 5.31. The summed E-state index contributed by atoms with van der Waals surface area (Å²) in [6, 6.07) is 13.2. The SMILES string of the molecule is CCCCNC(=O)[C@H](CC)N(Cc1ccccc1Cl)C(=O)CN(c1ccc(I)cc1)S(C)(=O)=O. The topological polar surface area (TPSA) is 86.8 Å². The van der Waals surface area contributed by atoms with Crippen molar-refractivity contribution in [3.63, 3.8) is 0 Å². The standard InChI is InChI=1S/C24H31ClIN3O4S/c1-4-6-15-27-24(31)22(5-2)28(16-18-9-7-8-10-21(18)25)23(30)17-29(34(3,32)33)20-13-11-19(26)12-14-20/h7-14,22H,4-6,15-17H2,1-3H3,(H,27,31)/t22-/m0/s1. The molecule has 7 nitrogen and oxygen atoms in total. The Morgan fingerprint density at radius 1 is 1.09 bits per heavy atom. The van der Waals surface area contributed by atoms with Crippen LogP contribution < -0.4 is 9.62 Å². The molecule has 0 bridgehead atoms. The molecule has 0 aromatic heterocycles. The first kappa shape index (κ1) is 28.4. The third kappa shape index (κ3) is 8.13. The van der Waals surface area contributed by atoms with Crippen LogP contribution in [-0.4, -0.2) is 50.5 Å². The number of hydrogen-bond donors (Lipinski definition) is 1. The molecule has 0 saturated carbocycles. The molecule has 0 spiro atoms. The number of rotatable bonds is 12. The average molecular weight is 620 g/mol. The predicted molar refractivity (Wildman–Crippen MR) is 145 cm³/mol. The molecule has 2 amide bonds. The number of amides is 2. The van der Waals surface area contributed by atoms with Gasteiger partial charge in [-0.1, -0.05) is 50.1 Å². The molecule has 34 heavy (non-hydrogen) atoms. The van der Waals surface area contributed by atoms with E-state index in [1.165, 1.54) is 4.90 Å². The largest absolute Gasteiger partial charge is 0.354 e. The van der Waals surface area contributed by atoms with Crippen LogP contribution in [-0.2, 0) is 26.2 Å². The number of unbranched alkanes of at least 4 members (excludes halogenated alkanes) is 1. The van der Waals surface area contributed by atoms with Gasteiger partial charge in [0.2, 0.25) is 21.8 Å². The lowest BCUT2D eigenvalue weighted by Gasteiger charge is -2.33. The van der Waals surface area contributed by atoms with Gasteiger partial charge in [0.25, 0.3) is 0 Å². The van der Waals surface area contributed by atoms with Crippen molar-refractivity contribution in [1.82, 2.24) is 10.2 Å². The first-order valence-electron chi connectivity index (χ1n) is 11.1. The van der Waals surface area contributed by atoms with Gasteiger partial charge in [-0.25, -0.2) is 8.42 Å². The second-order valence-electron chi connectivity index (χ2n) is 7.93. The van der Waals surface area contributed by atoms with E-state index in [1.807, 2.05) is 13.8 Å². The lowest BCUT2D eigenvalue weighted by atomic mass is 10.1. The van der Waals surface area contributed by atoms with E-state index in [0.717, 1.165) is 27.0 Å². The van der Waals surface area contributed by atoms with Crippen molar-refractivity contribution >= 4 is 61.7 Å². The van der Waals surface area contributed by atoms with Crippen LogP contribution in [0.15, 0.2) is 48.5 Å². The van der Waals surface area contributed by atoms with Gasteiger partial charge >= 0.3 is 0 Å². The summed E-state index contributed by atoms with van der Waals surface area (Å²) in [5.74, 6) is -0.752. The van der Waals surface area contributed by atoms with Crippen molar-refractivity contribution in [3.05, 3.63) is 62.7 Å². The minimum absolute atomic E-state index is 0.0858. The Labute approximate surface area is 221 Å². The van der Waals surface area contributed by atoms with E-state index in [4.69, 9.17) is 11.6 Å². The molecule has 10 heteroatoms. The Bertz CT molecular complexity index is 1080. The minimum Gasteiger partial charge on any atom is -0.354 e. The number of carbonyl (C=O) groups excluding carboxylic acids is 2. The maximum atomic E-state index is 13.6. The number of nitrogens with zero attached hydrogens (tertiary/aromatic N) is 2. The summed E-state index contributed by atoms with van der Waals surface area (Å²) in [5, 5.41) is 3.36. The van der Waals surface area contributed by atoms with E-state index >= 15 is 0 Å². The Kier molecular flexibility index (Phi) is 11.1. The summed E-state index contributed by atoms with van der Waals surface area (Å²) >= 11 is 8.47. The van der Waals surface area contributed by atoms with Crippen LogP contribution in [0.25, 0.3) is 0 Å². The number of sulfonamides is 1. The van der Waals surface area contributed by atoms with E-state index in [9.17, 15) is 18.0 Å². The van der Waals surface area contributed by atoms with Gasteiger partial charge in [-0.15, -0.1) is 0 Å². The van der Waals surface area contributed by atoms with Crippen molar-refractivity contribution in [3.8, 4) is 0 Å². The lowest BCUT2D eigenvalue weighted by molar-refractivity contribution is -0.140. The summed E-state index contributed by atoms with van der Waals surface area (Å²) in [4.78, 5) is 28.0. The maximum absolute atomic E-state index is 13.6. The van der Waals surface area contributed by atoms with Crippen molar-refractivity contribution in [1.29, 1.82) is 0 Å². The first-order chi connectivity index (χ1) is 16.1. The Morgan fingerprint density at radius 3 is 2.29 bits per heavy atom.